The predicted octanol–water partition coefficient (Wildman–Crippen LogP) is 2.62. The van der Waals surface area contributed by atoms with Crippen LogP contribution in [0.2, 0.25) is 0 Å². The van der Waals surface area contributed by atoms with Gasteiger partial charge in [-0.15, -0.1) is 0 Å². The molecule has 0 aliphatic carbocycles. The zero-order valence-electron chi connectivity index (χ0n) is 9.08. The molecule has 0 fully saturated rings. The van der Waals surface area contributed by atoms with Gasteiger partial charge in [-0.25, -0.2) is 13.8 Å². The highest BCUT2D eigenvalue weighted by molar-refractivity contribution is 5.67. The quantitative estimate of drug-likeness (QED) is 0.815. The van der Waals surface area contributed by atoms with Gasteiger partial charge in [0.15, 0.2) is 0 Å². The molecule has 0 atom stereocenters. The van der Waals surface area contributed by atoms with Gasteiger partial charge in [0.25, 0.3) is 0 Å². The molecule has 1 aromatic carbocycles. The van der Waals surface area contributed by atoms with Crippen LogP contribution in [0.4, 0.5) is 14.5 Å². The number of hydrogen-bond donors (Lipinski definition) is 1. The molecule has 0 aliphatic heterocycles. The molecule has 2 N–H and O–H groups in total. The summed E-state index contributed by atoms with van der Waals surface area (Å²) >= 11 is 0. The SMILES string of the molecule is COc1cc(-c2cc(F)c(N)cc2F)ccn1. The molecule has 0 aliphatic rings. The number of nitrogens with zero attached hydrogens (tertiary/aromatic N) is 1. The maximum Gasteiger partial charge on any atom is 0.213 e. The third-order valence-electron chi connectivity index (χ3n) is 2.34. The number of benzene rings is 1. The van der Waals surface area contributed by atoms with E-state index in [1.165, 1.54) is 19.4 Å². The lowest BCUT2D eigenvalue weighted by Crippen LogP contribution is -1.95. The van der Waals surface area contributed by atoms with Crippen LogP contribution in [0, 0.1) is 11.6 Å². The number of methoxy groups -OCH3 is 1. The van der Waals surface area contributed by atoms with Gasteiger partial charge in [-0.1, -0.05) is 0 Å². The Morgan fingerprint density at radius 3 is 2.65 bits per heavy atom. The van der Waals surface area contributed by atoms with Crippen molar-refractivity contribution >= 4 is 5.69 Å². The maximum atomic E-state index is 13.6. The van der Waals surface area contributed by atoms with Crippen LogP contribution in [-0.2, 0) is 0 Å². The second-order valence-electron chi connectivity index (χ2n) is 3.44. The summed E-state index contributed by atoms with van der Waals surface area (Å²) in [5.74, 6) is -0.909. The van der Waals surface area contributed by atoms with Crippen molar-refractivity contribution in [3.8, 4) is 17.0 Å². The maximum absolute atomic E-state index is 13.6. The minimum Gasteiger partial charge on any atom is -0.481 e. The van der Waals surface area contributed by atoms with E-state index in [0.717, 1.165) is 12.1 Å². The smallest absolute Gasteiger partial charge is 0.213 e. The van der Waals surface area contributed by atoms with Crippen LogP contribution in [0.5, 0.6) is 5.88 Å². The highest BCUT2D eigenvalue weighted by Gasteiger charge is 2.10. The van der Waals surface area contributed by atoms with Crippen LogP contribution in [-0.4, -0.2) is 12.1 Å². The Bertz CT molecular complexity index is 558. The summed E-state index contributed by atoms with van der Waals surface area (Å²) in [6, 6.07) is 5.10. The van der Waals surface area contributed by atoms with E-state index in [0.29, 0.717) is 11.4 Å². The molecule has 0 radical (unpaired) electrons. The molecule has 0 spiro atoms. The average Bonchev–Trinajstić information content (AvgIpc) is 2.34. The first-order valence-corrected chi connectivity index (χ1v) is 4.86. The number of anilines is 1. The largest absolute Gasteiger partial charge is 0.481 e. The van der Waals surface area contributed by atoms with Crippen molar-refractivity contribution in [2.75, 3.05) is 12.8 Å². The molecule has 17 heavy (non-hydrogen) atoms. The molecule has 0 unspecified atom stereocenters. The van der Waals surface area contributed by atoms with Gasteiger partial charge >= 0.3 is 0 Å². The Balaban J connectivity index is 2.56. The average molecular weight is 236 g/mol. The highest BCUT2D eigenvalue weighted by Crippen LogP contribution is 2.27. The molecule has 5 heteroatoms. The molecule has 1 aromatic heterocycles. The lowest BCUT2D eigenvalue weighted by Gasteiger charge is -2.06. The fraction of sp³-hybridized carbons (Fsp3) is 0.0833. The van der Waals surface area contributed by atoms with Crippen LogP contribution in [0.15, 0.2) is 30.5 Å². The van der Waals surface area contributed by atoms with Crippen LogP contribution in [0.1, 0.15) is 0 Å². The van der Waals surface area contributed by atoms with E-state index in [4.69, 9.17) is 10.5 Å². The van der Waals surface area contributed by atoms with E-state index in [9.17, 15) is 8.78 Å². The van der Waals surface area contributed by atoms with Crippen molar-refractivity contribution in [3.05, 3.63) is 42.1 Å². The van der Waals surface area contributed by atoms with E-state index in [-0.39, 0.29) is 11.3 Å². The van der Waals surface area contributed by atoms with E-state index < -0.39 is 11.6 Å². The molecular formula is C12H10F2N2O. The van der Waals surface area contributed by atoms with Crippen molar-refractivity contribution < 1.29 is 13.5 Å². The summed E-state index contributed by atoms with van der Waals surface area (Å²) in [6.45, 7) is 0. The van der Waals surface area contributed by atoms with Crippen molar-refractivity contribution in [3.63, 3.8) is 0 Å². The molecule has 0 saturated carbocycles. The van der Waals surface area contributed by atoms with Crippen LogP contribution < -0.4 is 10.5 Å². The fourth-order valence-corrected chi connectivity index (χ4v) is 1.47. The van der Waals surface area contributed by atoms with E-state index in [2.05, 4.69) is 4.98 Å². The van der Waals surface area contributed by atoms with Gasteiger partial charge in [0.2, 0.25) is 5.88 Å². The van der Waals surface area contributed by atoms with Gasteiger partial charge in [-0.3, -0.25) is 0 Å². The summed E-state index contributed by atoms with van der Waals surface area (Å²) in [5, 5.41) is 0. The number of nitrogens with two attached hydrogens (primary N) is 1. The van der Waals surface area contributed by atoms with Gasteiger partial charge in [-0.2, -0.15) is 0 Å². The first-order chi connectivity index (χ1) is 8.11. The summed E-state index contributed by atoms with van der Waals surface area (Å²) in [5.41, 5.74) is 5.66. The normalized spacial score (nSPS) is 10.3. The monoisotopic (exact) mass is 236 g/mol. The number of hydrogen-bond acceptors (Lipinski definition) is 3. The molecule has 2 rings (SSSR count). The third kappa shape index (κ3) is 2.18. The Hall–Kier alpha value is -2.17. The van der Waals surface area contributed by atoms with Crippen molar-refractivity contribution in [1.29, 1.82) is 0 Å². The Kier molecular flexibility index (Phi) is 2.91. The molecule has 2 aromatic rings. The highest BCUT2D eigenvalue weighted by atomic mass is 19.1. The van der Waals surface area contributed by atoms with Gasteiger partial charge in [0, 0.05) is 23.9 Å². The van der Waals surface area contributed by atoms with Gasteiger partial charge in [0.05, 0.1) is 12.8 Å². The molecule has 3 nitrogen and oxygen atoms in total. The first kappa shape index (κ1) is 11.3. The summed E-state index contributed by atoms with van der Waals surface area (Å²) < 4.78 is 31.9. The Labute approximate surface area is 96.9 Å². The van der Waals surface area contributed by atoms with Crippen LogP contribution in [0.3, 0.4) is 0 Å². The summed E-state index contributed by atoms with van der Waals surface area (Å²) in [6.07, 6.45) is 1.46. The zero-order valence-corrected chi connectivity index (χ0v) is 9.08. The van der Waals surface area contributed by atoms with Crippen molar-refractivity contribution in [2.45, 2.75) is 0 Å². The lowest BCUT2D eigenvalue weighted by atomic mass is 10.1. The molecule has 1 heterocycles. The molecule has 88 valence electrons. The van der Waals surface area contributed by atoms with Gasteiger partial charge in [0.1, 0.15) is 11.6 Å². The Morgan fingerprint density at radius 2 is 1.94 bits per heavy atom. The zero-order chi connectivity index (χ0) is 12.4. The lowest BCUT2D eigenvalue weighted by molar-refractivity contribution is 0.398. The standard InChI is InChI=1S/C12H10F2N2O/c1-17-12-4-7(2-3-16-12)8-5-10(14)11(15)6-9(8)13/h2-6H,15H2,1H3. The summed E-state index contributed by atoms with van der Waals surface area (Å²) in [4.78, 5) is 3.89. The number of pyridine rings is 1. The molecular weight excluding hydrogens is 226 g/mol. The van der Waals surface area contributed by atoms with Crippen LogP contribution in [0.25, 0.3) is 11.1 Å². The molecule has 0 amide bonds. The number of rotatable bonds is 2. The predicted molar refractivity (Wildman–Crippen MR) is 60.6 cm³/mol. The van der Waals surface area contributed by atoms with E-state index >= 15 is 0 Å². The molecule has 0 bridgehead atoms. The number of halogens is 2. The number of nitrogen functional groups attached to an aromatic ring is 1. The fourth-order valence-electron chi connectivity index (χ4n) is 1.47. The topological polar surface area (TPSA) is 48.1 Å². The van der Waals surface area contributed by atoms with Crippen molar-refractivity contribution in [1.82, 2.24) is 4.98 Å². The molecule has 0 saturated heterocycles. The number of aromatic nitrogens is 1. The second-order valence-corrected chi connectivity index (χ2v) is 3.44. The van der Waals surface area contributed by atoms with Crippen molar-refractivity contribution in [2.24, 2.45) is 0 Å². The minimum atomic E-state index is -0.655. The van der Waals surface area contributed by atoms with E-state index in [1.54, 1.807) is 6.07 Å². The van der Waals surface area contributed by atoms with Crippen LogP contribution >= 0.6 is 0 Å². The summed E-state index contributed by atoms with van der Waals surface area (Å²) in [7, 11) is 1.45. The second kappa shape index (κ2) is 4.37. The number of ether oxygens (including phenoxy) is 1. The third-order valence-corrected chi connectivity index (χ3v) is 2.34. The Morgan fingerprint density at radius 1 is 1.18 bits per heavy atom. The first-order valence-electron chi connectivity index (χ1n) is 4.86. The van der Waals surface area contributed by atoms with Gasteiger partial charge < -0.3 is 10.5 Å². The van der Waals surface area contributed by atoms with E-state index in [1.807, 2.05) is 0 Å². The van der Waals surface area contributed by atoms with Gasteiger partial charge in [-0.05, 0) is 17.7 Å². The minimum absolute atomic E-state index is 0.123.